The van der Waals surface area contributed by atoms with Crippen molar-refractivity contribution in [2.24, 2.45) is 4.99 Å². The number of nitrogens with one attached hydrogen (secondary N) is 1. The second-order valence-corrected chi connectivity index (χ2v) is 9.04. The zero-order chi connectivity index (χ0) is 25.4. The van der Waals surface area contributed by atoms with Gasteiger partial charge in [0.15, 0.2) is 0 Å². The zero-order valence-corrected chi connectivity index (χ0v) is 21.3. The second kappa shape index (κ2) is 11.5. The third-order valence-electron chi connectivity index (χ3n) is 5.03. The number of benzene rings is 2. The van der Waals surface area contributed by atoms with E-state index < -0.39 is 11.7 Å². The number of amidine groups is 1. The molecule has 0 aliphatic carbocycles. The Hall–Kier alpha value is -3.87. The van der Waals surface area contributed by atoms with Crippen LogP contribution in [0.15, 0.2) is 71.9 Å². The topological polar surface area (TPSA) is 79.8 Å². The van der Waals surface area contributed by atoms with Crippen LogP contribution in [0.25, 0.3) is 16.6 Å². The number of aliphatic imine (C=N–C) groups is 1. The van der Waals surface area contributed by atoms with Crippen LogP contribution in [0.1, 0.15) is 53.0 Å². The number of nitrogens with zero attached hydrogens (tertiary/aromatic N) is 3. The molecule has 1 amide bonds. The molecular formula is C28H34N4O3. The van der Waals surface area contributed by atoms with Gasteiger partial charge in [0, 0.05) is 10.9 Å². The minimum absolute atomic E-state index is 0.440. The fraction of sp³-hybridized carbons (Fsp3) is 0.321. The molecule has 0 aliphatic heterocycles. The van der Waals surface area contributed by atoms with Crippen molar-refractivity contribution in [1.82, 2.24) is 10.2 Å². The van der Waals surface area contributed by atoms with Crippen LogP contribution in [-0.4, -0.2) is 34.8 Å². The van der Waals surface area contributed by atoms with Crippen molar-refractivity contribution in [3.8, 4) is 5.75 Å². The van der Waals surface area contributed by atoms with E-state index in [1.54, 1.807) is 13.3 Å². The van der Waals surface area contributed by atoms with Gasteiger partial charge in [-0.05, 0) is 70.5 Å². The van der Waals surface area contributed by atoms with Crippen molar-refractivity contribution in [1.29, 1.82) is 0 Å². The molecule has 0 aliphatic rings. The van der Waals surface area contributed by atoms with Gasteiger partial charge in [-0.1, -0.05) is 37.6 Å². The maximum atomic E-state index is 13.5. The van der Waals surface area contributed by atoms with Gasteiger partial charge in [-0.25, -0.2) is 14.7 Å². The predicted molar refractivity (Wildman–Crippen MR) is 143 cm³/mol. The van der Waals surface area contributed by atoms with Gasteiger partial charge >= 0.3 is 6.09 Å². The van der Waals surface area contributed by atoms with Crippen molar-refractivity contribution >= 4 is 34.2 Å². The van der Waals surface area contributed by atoms with Gasteiger partial charge in [0.1, 0.15) is 17.2 Å². The van der Waals surface area contributed by atoms with Crippen LogP contribution >= 0.6 is 0 Å². The lowest BCUT2D eigenvalue weighted by Gasteiger charge is -2.27. The Morgan fingerprint density at radius 3 is 2.69 bits per heavy atom. The van der Waals surface area contributed by atoms with Crippen molar-refractivity contribution in [2.45, 2.75) is 53.1 Å². The molecule has 35 heavy (non-hydrogen) atoms. The van der Waals surface area contributed by atoms with Crippen LogP contribution in [0.2, 0.25) is 0 Å². The third-order valence-corrected chi connectivity index (χ3v) is 5.03. The van der Waals surface area contributed by atoms with Crippen molar-refractivity contribution < 1.29 is 14.3 Å². The number of aromatic nitrogens is 2. The first-order chi connectivity index (χ1) is 16.8. The normalized spacial score (nSPS) is 12.9. The summed E-state index contributed by atoms with van der Waals surface area (Å²) in [7, 11) is 1.64. The van der Waals surface area contributed by atoms with Crippen LogP contribution < -0.4 is 9.64 Å². The van der Waals surface area contributed by atoms with Crippen molar-refractivity contribution in [3.63, 3.8) is 0 Å². The largest absolute Gasteiger partial charge is 0.497 e. The Labute approximate surface area is 207 Å². The van der Waals surface area contributed by atoms with Gasteiger partial charge in [-0.2, -0.15) is 5.10 Å². The lowest BCUT2D eigenvalue weighted by atomic mass is 10.1. The molecule has 2 aromatic carbocycles. The van der Waals surface area contributed by atoms with Crippen LogP contribution in [0, 0.1) is 0 Å². The number of hydrogen-bond acceptors (Lipinski definition) is 5. The molecule has 0 saturated carbocycles. The number of hydrogen-bond donors (Lipinski definition) is 1. The summed E-state index contributed by atoms with van der Waals surface area (Å²) in [6.07, 6.45) is 8.75. The van der Waals surface area contributed by atoms with E-state index in [-0.39, 0.29) is 0 Å². The molecule has 0 unspecified atom stereocenters. The maximum Gasteiger partial charge on any atom is 0.420 e. The van der Waals surface area contributed by atoms with Gasteiger partial charge in [0.05, 0.1) is 30.2 Å². The summed E-state index contributed by atoms with van der Waals surface area (Å²) in [5.74, 6) is 1.18. The Morgan fingerprint density at radius 1 is 1.20 bits per heavy atom. The van der Waals surface area contributed by atoms with Gasteiger partial charge in [0.25, 0.3) is 0 Å². The molecule has 3 aromatic rings. The lowest BCUT2D eigenvalue weighted by Crippen LogP contribution is -2.40. The van der Waals surface area contributed by atoms with Gasteiger partial charge in [-0.3, -0.25) is 5.10 Å². The lowest BCUT2D eigenvalue weighted by molar-refractivity contribution is 0.0604. The fourth-order valence-electron chi connectivity index (χ4n) is 3.43. The Kier molecular flexibility index (Phi) is 8.47. The number of ether oxygens (including phenoxy) is 2. The number of amides is 1. The number of fused-ring (bicyclic) bond motifs is 1. The number of aromatic amines is 1. The van der Waals surface area contributed by atoms with Crippen LogP contribution in [-0.2, 0) is 4.74 Å². The third kappa shape index (κ3) is 6.82. The molecule has 184 valence electrons. The molecule has 3 rings (SSSR count). The van der Waals surface area contributed by atoms with E-state index in [1.807, 2.05) is 82.3 Å². The first kappa shape index (κ1) is 25.7. The monoisotopic (exact) mass is 474 g/mol. The quantitative estimate of drug-likeness (QED) is 0.292. The average molecular weight is 475 g/mol. The van der Waals surface area contributed by atoms with Crippen LogP contribution in [0.3, 0.4) is 0 Å². The van der Waals surface area contributed by atoms with Gasteiger partial charge < -0.3 is 9.47 Å². The Balaban J connectivity index is 2.19. The number of unbranched alkanes of at least 4 members (excludes halogenated alkanes) is 1. The summed E-state index contributed by atoms with van der Waals surface area (Å²) < 4.78 is 11.2. The summed E-state index contributed by atoms with van der Waals surface area (Å²) >= 11 is 0. The maximum absolute atomic E-state index is 13.5. The fourth-order valence-corrected chi connectivity index (χ4v) is 3.43. The molecule has 7 heteroatoms. The molecule has 0 bridgehead atoms. The summed E-state index contributed by atoms with van der Waals surface area (Å²) in [4.78, 5) is 20.0. The summed E-state index contributed by atoms with van der Waals surface area (Å²) in [6.45, 7) is 9.54. The molecule has 0 spiro atoms. The molecule has 1 heterocycles. The number of methoxy groups -OCH3 is 1. The molecule has 1 aromatic heterocycles. The van der Waals surface area contributed by atoms with Gasteiger partial charge in [0.2, 0.25) is 0 Å². The Bertz CT molecular complexity index is 1250. The van der Waals surface area contributed by atoms with Gasteiger partial charge in [-0.15, -0.1) is 0 Å². The minimum Gasteiger partial charge on any atom is -0.497 e. The van der Waals surface area contributed by atoms with E-state index in [2.05, 4.69) is 23.2 Å². The number of allylic oxidation sites excluding steroid dienone is 2. The van der Waals surface area contributed by atoms with E-state index in [0.717, 1.165) is 40.8 Å². The van der Waals surface area contributed by atoms with E-state index >= 15 is 0 Å². The van der Waals surface area contributed by atoms with E-state index in [1.165, 1.54) is 4.90 Å². The number of H-pyrrole nitrogens is 1. The number of carbonyl (C=O) groups excluding carboxylic acids is 1. The molecule has 7 nitrogen and oxygen atoms in total. The highest BCUT2D eigenvalue weighted by Crippen LogP contribution is 2.27. The molecule has 0 fully saturated rings. The zero-order valence-electron chi connectivity index (χ0n) is 21.3. The Morgan fingerprint density at radius 2 is 2.00 bits per heavy atom. The highest BCUT2D eigenvalue weighted by atomic mass is 16.6. The SMILES string of the molecule is CC=CC(=NC(=CCCC)c1cccc(OC)c1)N(C(=O)OC(C)(C)C)c1ccc2[nH]ncc2c1. The van der Waals surface area contributed by atoms with Crippen LogP contribution in [0.5, 0.6) is 5.75 Å². The minimum atomic E-state index is -0.677. The van der Waals surface area contributed by atoms with Crippen molar-refractivity contribution in [2.75, 3.05) is 12.0 Å². The summed E-state index contributed by atoms with van der Waals surface area (Å²) in [6, 6.07) is 13.4. The highest BCUT2D eigenvalue weighted by molar-refractivity contribution is 6.21. The smallest absolute Gasteiger partial charge is 0.420 e. The average Bonchev–Trinajstić information content (AvgIpc) is 3.29. The standard InChI is InChI=1S/C28H34N4O3/c1-7-9-14-24(20-12-10-13-23(18-20)34-6)30-26(11-8-2)32(27(33)35-28(3,4)5)22-15-16-25-21(17-22)19-29-31-25/h8,10-19H,7,9H2,1-6H3,(H,29,31). The number of carbonyl (C=O) groups is 1. The molecular weight excluding hydrogens is 440 g/mol. The highest BCUT2D eigenvalue weighted by Gasteiger charge is 2.27. The van der Waals surface area contributed by atoms with E-state index in [0.29, 0.717) is 11.5 Å². The van der Waals surface area contributed by atoms with E-state index in [9.17, 15) is 4.79 Å². The predicted octanol–water partition coefficient (Wildman–Crippen LogP) is 7.13. The molecule has 0 radical (unpaired) electrons. The second-order valence-electron chi connectivity index (χ2n) is 9.04. The first-order valence-electron chi connectivity index (χ1n) is 11.8. The number of rotatable bonds is 7. The first-order valence-corrected chi connectivity index (χ1v) is 11.8. The molecule has 1 N–H and O–H groups in total. The molecule has 0 saturated heterocycles. The van der Waals surface area contributed by atoms with Crippen LogP contribution in [0.4, 0.5) is 10.5 Å². The van der Waals surface area contributed by atoms with Crippen molar-refractivity contribution in [3.05, 3.63) is 72.5 Å². The number of anilines is 1. The summed E-state index contributed by atoms with van der Waals surface area (Å²) in [5, 5.41) is 7.93. The van der Waals surface area contributed by atoms with E-state index in [4.69, 9.17) is 14.5 Å². The molecule has 0 atom stereocenters. The summed E-state index contributed by atoms with van der Waals surface area (Å²) in [5.41, 5.74) is 2.47.